The van der Waals surface area contributed by atoms with Crippen LogP contribution in [0.15, 0.2) is 36.5 Å². The van der Waals surface area contributed by atoms with Crippen molar-refractivity contribution < 1.29 is 22.8 Å². The van der Waals surface area contributed by atoms with Crippen molar-refractivity contribution in [2.45, 2.75) is 25.1 Å². The van der Waals surface area contributed by atoms with E-state index in [1.54, 1.807) is 24.3 Å². The molecule has 4 nitrogen and oxygen atoms in total. The van der Waals surface area contributed by atoms with Gasteiger partial charge in [-0.2, -0.15) is 13.2 Å². The van der Waals surface area contributed by atoms with Crippen molar-refractivity contribution in [1.82, 2.24) is 9.88 Å². The first-order valence-electron chi connectivity index (χ1n) is 7.41. The number of alkyl halides is 3. The lowest BCUT2D eigenvalue weighted by atomic mass is 10.1. The fourth-order valence-electron chi connectivity index (χ4n) is 3.52. The molecule has 0 radical (unpaired) electrons. The summed E-state index contributed by atoms with van der Waals surface area (Å²) < 4.78 is 39.3. The predicted octanol–water partition coefficient (Wildman–Crippen LogP) is 3.38. The van der Waals surface area contributed by atoms with Gasteiger partial charge in [0.2, 0.25) is 0 Å². The Kier molecular flexibility index (Phi) is 3.03. The monoisotopic (exact) mass is 332 g/mol. The summed E-state index contributed by atoms with van der Waals surface area (Å²) in [6.45, 7) is 0. The minimum Gasteiger partial charge on any atom is -0.269 e. The molecule has 7 heteroatoms. The van der Waals surface area contributed by atoms with Crippen molar-refractivity contribution in [2.75, 3.05) is 0 Å². The Morgan fingerprint density at radius 1 is 1.04 bits per heavy atom. The van der Waals surface area contributed by atoms with Gasteiger partial charge in [0.1, 0.15) is 5.69 Å². The van der Waals surface area contributed by atoms with E-state index in [4.69, 9.17) is 0 Å². The van der Waals surface area contributed by atoms with Gasteiger partial charge in [-0.3, -0.25) is 19.5 Å². The lowest BCUT2D eigenvalue weighted by Crippen LogP contribution is -2.33. The summed E-state index contributed by atoms with van der Waals surface area (Å²) in [5.41, 5.74) is 0.0830. The molecule has 0 fully saturated rings. The highest BCUT2D eigenvalue weighted by molar-refractivity contribution is 6.21. The van der Waals surface area contributed by atoms with Gasteiger partial charge < -0.3 is 0 Å². The summed E-state index contributed by atoms with van der Waals surface area (Å²) in [4.78, 5) is 29.6. The van der Waals surface area contributed by atoms with Crippen LogP contribution in [0.3, 0.4) is 0 Å². The summed E-state index contributed by atoms with van der Waals surface area (Å²) in [6.07, 6.45) is -3.06. The summed E-state index contributed by atoms with van der Waals surface area (Å²) in [6, 6.07) is 7.20. The Labute approximate surface area is 134 Å². The molecular weight excluding hydrogens is 321 g/mol. The number of carbonyl (C=O) groups excluding carboxylic acids is 2. The molecule has 1 aliphatic heterocycles. The van der Waals surface area contributed by atoms with E-state index in [1.807, 2.05) is 0 Å². The van der Waals surface area contributed by atoms with Gasteiger partial charge >= 0.3 is 6.18 Å². The number of amides is 2. The zero-order chi connectivity index (χ0) is 17.1. The van der Waals surface area contributed by atoms with Gasteiger partial charge in [-0.1, -0.05) is 12.1 Å². The number of benzene rings is 1. The number of halogens is 3. The standard InChI is InChI=1S/C17H11F3N2O2/c18-17(19,20)14-10-5-6-13(9(10)7-8-21-14)22-15(23)11-3-1-2-4-12(11)16(22)24/h1-4,7-8,13H,5-6H2. The summed E-state index contributed by atoms with van der Waals surface area (Å²) in [5, 5.41) is 0. The molecule has 0 saturated heterocycles. The molecular formula is C17H11F3N2O2. The highest BCUT2D eigenvalue weighted by Gasteiger charge is 2.45. The highest BCUT2D eigenvalue weighted by Crippen LogP contribution is 2.43. The molecule has 4 rings (SSSR count). The number of fused-ring (bicyclic) bond motifs is 2. The molecule has 0 spiro atoms. The van der Waals surface area contributed by atoms with E-state index in [0.717, 1.165) is 11.1 Å². The molecule has 0 saturated carbocycles. The Balaban J connectivity index is 1.78. The maximum Gasteiger partial charge on any atom is 0.433 e. The Bertz CT molecular complexity index is 841. The second kappa shape index (κ2) is 4.90. The Morgan fingerprint density at radius 2 is 1.67 bits per heavy atom. The molecule has 1 unspecified atom stereocenters. The number of aromatic nitrogens is 1. The topological polar surface area (TPSA) is 50.3 Å². The van der Waals surface area contributed by atoms with E-state index >= 15 is 0 Å². The first-order chi connectivity index (χ1) is 11.4. The van der Waals surface area contributed by atoms with Gasteiger partial charge in [0, 0.05) is 6.20 Å². The van der Waals surface area contributed by atoms with Crippen LogP contribution in [0.5, 0.6) is 0 Å². The molecule has 0 N–H and O–H groups in total. The zero-order valence-corrected chi connectivity index (χ0v) is 12.3. The number of pyridine rings is 1. The molecule has 2 aliphatic rings. The van der Waals surface area contributed by atoms with Crippen molar-refractivity contribution >= 4 is 11.8 Å². The second-order valence-corrected chi connectivity index (χ2v) is 5.81. The average Bonchev–Trinajstić information content (AvgIpc) is 3.07. The van der Waals surface area contributed by atoms with Crippen molar-refractivity contribution in [3.05, 3.63) is 64.5 Å². The summed E-state index contributed by atoms with van der Waals surface area (Å²) in [5.74, 6) is -0.919. The maximum absolute atomic E-state index is 13.1. The van der Waals surface area contributed by atoms with Crippen molar-refractivity contribution in [1.29, 1.82) is 0 Å². The molecule has 2 amide bonds. The van der Waals surface area contributed by atoms with Crippen LogP contribution in [-0.2, 0) is 12.6 Å². The van der Waals surface area contributed by atoms with Crippen LogP contribution in [0.1, 0.15) is 50.0 Å². The van der Waals surface area contributed by atoms with Crippen molar-refractivity contribution in [2.24, 2.45) is 0 Å². The van der Waals surface area contributed by atoms with Crippen molar-refractivity contribution in [3.8, 4) is 0 Å². The molecule has 1 atom stereocenters. The highest BCUT2D eigenvalue weighted by atomic mass is 19.4. The minimum atomic E-state index is -4.55. The smallest absolute Gasteiger partial charge is 0.269 e. The molecule has 2 aromatic rings. The van der Waals surface area contributed by atoms with Crippen LogP contribution < -0.4 is 0 Å². The third kappa shape index (κ3) is 1.97. The third-order valence-electron chi connectivity index (χ3n) is 4.52. The molecule has 1 aromatic heterocycles. The zero-order valence-electron chi connectivity index (χ0n) is 12.3. The Morgan fingerprint density at radius 3 is 2.25 bits per heavy atom. The van der Waals surface area contributed by atoms with E-state index < -0.39 is 29.7 Å². The van der Waals surface area contributed by atoms with E-state index in [1.165, 1.54) is 6.07 Å². The van der Waals surface area contributed by atoms with Gasteiger partial charge in [-0.05, 0) is 42.2 Å². The fraction of sp³-hybridized carbons (Fsp3) is 0.235. The van der Waals surface area contributed by atoms with E-state index in [9.17, 15) is 22.8 Å². The Hall–Kier alpha value is -2.70. The van der Waals surface area contributed by atoms with E-state index in [2.05, 4.69) is 4.98 Å². The molecule has 122 valence electrons. The number of rotatable bonds is 1. The summed E-state index contributed by atoms with van der Waals surface area (Å²) >= 11 is 0. The second-order valence-electron chi connectivity index (χ2n) is 5.81. The van der Waals surface area contributed by atoms with Gasteiger partial charge in [0.15, 0.2) is 0 Å². The summed E-state index contributed by atoms with van der Waals surface area (Å²) in [7, 11) is 0. The molecule has 24 heavy (non-hydrogen) atoms. The van der Waals surface area contributed by atoms with Gasteiger partial charge in [-0.15, -0.1) is 0 Å². The third-order valence-corrected chi connectivity index (χ3v) is 4.52. The minimum absolute atomic E-state index is 0.0755. The predicted molar refractivity (Wildman–Crippen MR) is 77.2 cm³/mol. The normalized spacial score (nSPS) is 19.6. The average molecular weight is 332 g/mol. The number of imide groups is 1. The van der Waals surface area contributed by atoms with E-state index in [0.29, 0.717) is 16.7 Å². The van der Waals surface area contributed by atoms with Gasteiger partial charge in [0.25, 0.3) is 11.8 Å². The number of nitrogens with zero attached hydrogens (tertiary/aromatic N) is 2. The largest absolute Gasteiger partial charge is 0.433 e. The van der Waals surface area contributed by atoms with Crippen LogP contribution in [0, 0.1) is 0 Å². The number of carbonyl (C=O) groups is 2. The van der Waals surface area contributed by atoms with E-state index in [-0.39, 0.29) is 18.4 Å². The van der Waals surface area contributed by atoms with Gasteiger partial charge in [-0.25, -0.2) is 0 Å². The lowest BCUT2D eigenvalue weighted by Gasteiger charge is -2.23. The fourth-order valence-corrected chi connectivity index (χ4v) is 3.52. The van der Waals surface area contributed by atoms with Crippen LogP contribution in [0.4, 0.5) is 13.2 Å². The first kappa shape index (κ1) is 14.9. The maximum atomic E-state index is 13.1. The van der Waals surface area contributed by atoms with Crippen LogP contribution >= 0.6 is 0 Å². The molecule has 2 heterocycles. The first-order valence-corrected chi connectivity index (χ1v) is 7.41. The van der Waals surface area contributed by atoms with Gasteiger partial charge in [0.05, 0.1) is 17.2 Å². The van der Waals surface area contributed by atoms with Crippen molar-refractivity contribution in [3.63, 3.8) is 0 Å². The number of hydrogen-bond donors (Lipinski definition) is 0. The quantitative estimate of drug-likeness (QED) is 0.752. The molecule has 1 aromatic carbocycles. The van der Waals surface area contributed by atoms with Crippen LogP contribution in [0.2, 0.25) is 0 Å². The SMILES string of the molecule is O=C1c2ccccc2C(=O)N1C1CCc2c1ccnc2C(F)(F)F. The van der Waals surface area contributed by atoms with Crippen LogP contribution in [-0.4, -0.2) is 21.7 Å². The molecule has 0 bridgehead atoms. The molecule has 1 aliphatic carbocycles. The lowest BCUT2D eigenvalue weighted by molar-refractivity contribution is -0.141. The number of hydrogen-bond acceptors (Lipinski definition) is 3. The van der Waals surface area contributed by atoms with Crippen LogP contribution in [0.25, 0.3) is 0 Å².